The molecule has 5 rings (SSSR count). The average Bonchev–Trinajstić information content (AvgIpc) is 2.80. The maximum Gasteiger partial charge on any atom is 0.171 e. The molecule has 4 heterocycles. The van der Waals surface area contributed by atoms with E-state index in [0.717, 1.165) is 16.7 Å². The highest BCUT2D eigenvalue weighted by atomic mass is 32.1. The fourth-order valence-electron chi connectivity index (χ4n) is 5.28. The van der Waals surface area contributed by atoms with E-state index in [2.05, 4.69) is 29.7 Å². The predicted molar refractivity (Wildman–Crippen MR) is 96.9 cm³/mol. The van der Waals surface area contributed by atoms with Crippen LogP contribution < -0.4 is 20.4 Å². The smallest absolute Gasteiger partial charge is 0.171 e. The van der Waals surface area contributed by atoms with Crippen LogP contribution in [0.5, 0.6) is 0 Å². The van der Waals surface area contributed by atoms with Gasteiger partial charge < -0.3 is 20.4 Å². The molecule has 4 saturated heterocycles. The number of hydrogen-bond acceptors (Lipinski definition) is 1. The van der Waals surface area contributed by atoms with E-state index in [-0.39, 0.29) is 0 Å². The number of fused-ring (bicyclic) bond motifs is 1. The Balaban J connectivity index is 1.50. The van der Waals surface area contributed by atoms with Crippen molar-refractivity contribution in [1.29, 1.82) is 0 Å². The molecule has 1 aromatic rings. The van der Waals surface area contributed by atoms with Crippen molar-refractivity contribution in [2.45, 2.75) is 19.4 Å². The number of thiocarbonyl (C=S) groups is 1. The zero-order valence-corrected chi connectivity index (χ0v) is 14.7. The minimum Gasteiger partial charge on any atom is -0.358 e. The third-order valence-electron chi connectivity index (χ3n) is 6.29. The van der Waals surface area contributed by atoms with Crippen molar-refractivity contribution in [3.8, 4) is 0 Å². The zero-order chi connectivity index (χ0) is 15.9. The second kappa shape index (κ2) is 6.04. The summed E-state index contributed by atoms with van der Waals surface area (Å²) in [5.41, 5.74) is 1.48. The summed E-state index contributed by atoms with van der Waals surface area (Å²) in [5, 5.41) is 7.88. The first-order valence-electron chi connectivity index (χ1n) is 8.98. The van der Waals surface area contributed by atoms with Crippen LogP contribution >= 0.6 is 12.2 Å². The monoisotopic (exact) mass is 332 g/mol. The van der Waals surface area contributed by atoms with Gasteiger partial charge in [-0.3, -0.25) is 0 Å². The Morgan fingerprint density at radius 1 is 1.17 bits per heavy atom. The first-order valence-corrected chi connectivity index (χ1v) is 9.39. The quantitative estimate of drug-likeness (QED) is 0.545. The fourth-order valence-corrected chi connectivity index (χ4v) is 5.52. The van der Waals surface area contributed by atoms with Gasteiger partial charge in [0.25, 0.3) is 0 Å². The number of para-hydroxylation sites is 1. The summed E-state index contributed by atoms with van der Waals surface area (Å²) in [7, 11) is 0. The predicted octanol–water partition coefficient (Wildman–Crippen LogP) is -0.835. The molecular formula is C18H28N4S+2. The van der Waals surface area contributed by atoms with Gasteiger partial charge in [-0.2, -0.15) is 0 Å². The molecule has 23 heavy (non-hydrogen) atoms. The summed E-state index contributed by atoms with van der Waals surface area (Å²) in [6.07, 6.45) is 1.25. The largest absolute Gasteiger partial charge is 0.358 e. The topological polar surface area (TPSA) is 32.9 Å². The number of rotatable bonds is 3. The van der Waals surface area contributed by atoms with Crippen LogP contribution in [0.25, 0.3) is 0 Å². The van der Waals surface area contributed by atoms with Crippen LogP contribution in [0.3, 0.4) is 0 Å². The molecule has 4 bridgehead atoms. The highest BCUT2D eigenvalue weighted by Gasteiger charge is 2.58. The highest BCUT2D eigenvalue weighted by Crippen LogP contribution is 2.33. The Hall–Kier alpha value is -1.17. The Labute approximate surface area is 144 Å². The molecule has 4 N–H and O–H groups in total. The van der Waals surface area contributed by atoms with E-state index in [1.165, 1.54) is 45.7 Å². The first kappa shape index (κ1) is 15.4. The Kier molecular flexibility index (Phi) is 4.03. The number of anilines is 1. The number of piperidine rings is 2. The average molecular weight is 333 g/mol. The summed E-state index contributed by atoms with van der Waals surface area (Å²) < 4.78 is 0. The maximum atomic E-state index is 5.63. The van der Waals surface area contributed by atoms with E-state index in [1.807, 2.05) is 28.0 Å². The number of hydrogen-bond donors (Lipinski definition) is 4. The summed E-state index contributed by atoms with van der Waals surface area (Å²) in [6.45, 7) is 10.3. The van der Waals surface area contributed by atoms with Crippen LogP contribution in [0, 0.1) is 11.3 Å². The van der Waals surface area contributed by atoms with Crippen molar-refractivity contribution in [3.63, 3.8) is 0 Å². The van der Waals surface area contributed by atoms with Crippen molar-refractivity contribution < 1.29 is 9.80 Å². The minimum absolute atomic E-state index is 0.408. The third-order valence-corrected chi connectivity index (χ3v) is 6.51. The lowest BCUT2D eigenvalue weighted by atomic mass is 9.66. The molecule has 1 aromatic carbocycles. The minimum atomic E-state index is 0.408. The summed E-state index contributed by atoms with van der Waals surface area (Å²) in [6, 6.07) is 10.8. The molecule has 0 saturated carbocycles. The van der Waals surface area contributed by atoms with Gasteiger partial charge in [0.1, 0.15) is 13.1 Å². The Bertz CT molecular complexity index is 560. The first-order chi connectivity index (χ1) is 11.2. The van der Waals surface area contributed by atoms with Gasteiger partial charge >= 0.3 is 0 Å². The molecule has 4 nitrogen and oxygen atoms in total. The molecule has 2 unspecified atom stereocenters. The van der Waals surface area contributed by atoms with Crippen LogP contribution in [-0.4, -0.2) is 50.4 Å². The van der Waals surface area contributed by atoms with Crippen molar-refractivity contribution >= 4 is 23.0 Å². The second-order valence-electron chi connectivity index (χ2n) is 7.68. The Morgan fingerprint density at radius 2 is 1.83 bits per heavy atom. The van der Waals surface area contributed by atoms with Gasteiger partial charge in [-0.15, -0.1) is 0 Å². The van der Waals surface area contributed by atoms with Gasteiger partial charge in [0.15, 0.2) is 5.11 Å². The van der Waals surface area contributed by atoms with Crippen molar-refractivity contribution in [2.75, 3.05) is 44.6 Å². The Morgan fingerprint density at radius 3 is 2.43 bits per heavy atom. The molecule has 4 fully saturated rings. The van der Waals surface area contributed by atoms with Gasteiger partial charge in [-0.1, -0.05) is 25.1 Å². The molecular weight excluding hydrogens is 304 g/mol. The fraction of sp³-hybridized carbons (Fsp3) is 0.611. The van der Waals surface area contributed by atoms with E-state index in [0.29, 0.717) is 11.5 Å². The van der Waals surface area contributed by atoms with Crippen LogP contribution in [-0.2, 0) is 0 Å². The van der Waals surface area contributed by atoms with Gasteiger partial charge in [0.05, 0.1) is 43.6 Å². The maximum absolute atomic E-state index is 5.63. The molecule has 124 valence electrons. The summed E-state index contributed by atoms with van der Waals surface area (Å²) >= 11 is 5.63. The summed E-state index contributed by atoms with van der Waals surface area (Å²) in [5.74, 6) is 0.750. The van der Waals surface area contributed by atoms with E-state index in [1.54, 1.807) is 0 Å². The van der Waals surface area contributed by atoms with E-state index < -0.39 is 0 Å². The third kappa shape index (κ3) is 2.86. The van der Waals surface area contributed by atoms with Crippen LogP contribution in [0.2, 0.25) is 0 Å². The van der Waals surface area contributed by atoms with Gasteiger partial charge in [-0.25, -0.2) is 0 Å². The van der Waals surface area contributed by atoms with Crippen LogP contribution in [0.15, 0.2) is 30.3 Å². The normalized spacial score (nSPS) is 38.1. The standard InChI is InChI=1S/C18H26N4S/c1-2-18-12-21-8-9-22(13-18)11-14(10-21)16(18)20-17(23)19-15-6-4-3-5-7-15/h3-7,14,16H,2,8-13H2,1H3,(H2,19,20,23)/p+2/t14?,16-,18?/m0/s1. The van der Waals surface area contributed by atoms with E-state index >= 15 is 0 Å². The van der Waals surface area contributed by atoms with Crippen LogP contribution in [0.1, 0.15) is 13.3 Å². The van der Waals surface area contributed by atoms with Gasteiger partial charge in [0, 0.05) is 5.69 Å². The van der Waals surface area contributed by atoms with Crippen molar-refractivity contribution in [2.24, 2.45) is 11.3 Å². The highest BCUT2D eigenvalue weighted by molar-refractivity contribution is 7.80. The van der Waals surface area contributed by atoms with E-state index in [9.17, 15) is 0 Å². The van der Waals surface area contributed by atoms with Crippen LogP contribution in [0.4, 0.5) is 5.69 Å². The lowest BCUT2D eigenvalue weighted by Crippen LogP contribution is -3.17. The lowest BCUT2D eigenvalue weighted by molar-refractivity contribution is -0.918. The molecule has 0 aromatic heterocycles. The molecule has 0 radical (unpaired) electrons. The molecule has 0 spiro atoms. The number of nitrogens with one attached hydrogen (secondary N) is 4. The molecule has 0 amide bonds. The van der Waals surface area contributed by atoms with Crippen molar-refractivity contribution in [3.05, 3.63) is 30.3 Å². The molecule has 3 atom stereocenters. The molecule has 4 aliphatic rings. The van der Waals surface area contributed by atoms with Crippen molar-refractivity contribution in [1.82, 2.24) is 5.32 Å². The van der Waals surface area contributed by atoms with E-state index in [4.69, 9.17) is 12.2 Å². The summed E-state index contributed by atoms with van der Waals surface area (Å²) in [4.78, 5) is 3.65. The number of quaternary nitrogens is 2. The second-order valence-corrected chi connectivity index (χ2v) is 8.09. The van der Waals surface area contributed by atoms with Gasteiger partial charge in [-0.05, 0) is 30.8 Å². The lowest BCUT2D eigenvalue weighted by Gasteiger charge is -2.51. The molecule has 4 aliphatic heterocycles. The molecule has 0 aliphatic carbocycles. The zero-order valence-electron chi connectivity index (χ0n) is 13.9. The number of benzene rings is 1. The van der Waals surface area contributed by atoms with Gasteiger partial charge in [0.2, 0.25) is 0 Å². The SMILES string of the molecule is CCC12C[NH+]3CC[NH+](CC(C3)[C@@H]1NC(=S)Nc1ccccc1)C2. The molecule has 5 heteroatoms.